The van der Waals surface area contributed by atoms with Crippen molar-refractivity contribution < 1.29 is 9.90 Å². The lowest BCUT2D eigenvalue weighted by molar-refractivity contribution is 0.0696. The Balaban J connectivity index is 3.25. The van der Waals surface area contributed by atoms with E-state index in [2.05, 4.69) is 11.6 Å². The highest BCUT2D eigenvalue weighted by Gasteiger charge is 2.13. The molecule has 0 fully saturated rings. The third-order valence-corrected chi connectivity index (χ3v) is 1.64. The molecule has 0 amide bonds. The second kappa shape index (κ2) is 3.71. The van der Waals surface area contributed by atoms with E-state index in [4.69, 9.17) is 10.8 Å². The van der Waals surface area contributed by atoms with Crippen LogP contribution in [0.3, 0.4) is 0 Å². The number of aromatic nitrogens is 1. The van der Waals surface area contributed by atoms with Gasteiger partial charge < -0.3 is 10.8 Å². The van der Waals surface area contributed by atoms with Gasteiger partial charge in [0.25, 0.3) is 0 Å². The van der Waals surface area contributed by atoms with E-state index in [1.807, 2.05) is 0 Å². The van der Waals surface area contributed by atoms with Gasteiger partial charge in [-0.25, -0.2) is 9.78 Å². The van der Waals surface area contributed by atoms with Crippen LogP contribution in [0.25, 0.3) is 0 Å². The van der Waals surface area contributed by atoms with Crippen molar-refractivity contribution in [2.75, 3.05) is 5.73 Å². The molecule has 0 spiro atoms. The van der Waals surface area contributed by atoms with Crippen LogP contribution in [0.5, 0.6) is 0 Å². The maximum absolute atomic E-state index is 10.8. The van der Waals surface area contributed by atoms with Crippen molar-refractivity contribution in [1.82, 2.24) is 4.98 Å². The second-order valence-electron chi connectivity index (χ2n) is 2.53. The molecule has 1 rings (SSSR count). The highest BCUT2D eigenvalue weighted by molar-refractivity contribution is 5.94. The predicted molar refractivity (Wildman–Crippen MR) is 49.5 cm³/mol. The number of nitrogens with two attached hydrogens (primary N) is 1. The first kappa shape index (κ1) is 9.25. The van der Waals surface area contributed by atoms with E-state index in [1.165, 1.54) is 6.20 Å². The summed E-state index contributed by atoms with van der Waals surface area (Å²) in [7, 11) is 0. The van der Waals surface area contributed by atoms with Gasteiger partial charge in [0.15, 0.2) is 0 Å². The monoisotopic (exact) mass is 178 g/mol. The number of nitrogen functional groups attached to an aromatic ring is 1. The third-order valence-electron chi connectivity index (χ3n) is 1.64. The molecule has 0 aliphatic carbocycles. The number of aromatic carboxylic acids is 1. The van der Waals surface area contributed by atoms with E-state index in [-0.39, 0.29) is 11.4 Å². The molecule has 4 nitrogen and oxygen atoms in total. The largest absolute Gasteiger partial charge is 0.478 e. The predicted octanol–water partition coefficient (Wildman–Crippen LogP) is 1.09. The Hall–Kier alpha value is -1.84. The van der Waals surface area contributed by atoms with Crippen LogP contribution in [0.2, 0.25) is 0 Å². The van der Waals surface area contributed by atoms with Crippen molar-refractivity contribution in [3.63, 3.8) is 0 Å². The van der Waals surface area contributed by atoms with E-state index in [9.17, 15) is 4.79 Å². The molecule has 0 atom stereocenters. The molecule has 0 aliphatic heterocycles. The Kier molecular flexibility index (Phi) is 2.64. The number of carboxylic acids is 1. The summed E-state index contributed by atoms with van der Waals surface area (Å²) in [4.78, 5) is 14.5. The number of hydrogen-bond donors (Lipinski definition) is 2. The van der Waals surface area contributed by atoms with E-state index >= 15 is 0 Å². The number of pyridine rings is 1. The van der Waals surface area contributed by atoms with Gasteiger partial charge in [0.05, 0.1) is 0 Å². The molecule has 0 radical (unpaired) electrons. The average molecular weight is 178 g/mol. The van der Waals surface area contributed by atoms with Gasteiger partial charge in [-0.1, -0.05) is 6.08 Å². The lowest BCUT2D eigenvalue weighted by atomic mass is 10.1. The van der Waals surface area contributed by atoms with Gasteiger partial charge in [0, 0.05) is 6.20 Å². The van der Waals surface area contributed by atoms with Crippen molar-refractivity contribution in [1.29, 1.82) is 0 Å². The van der Waals surface area contributed by atoms with Crippen LogP contribution in [0, 0.1) is 0 Å². The average Bonchev–Trinajstić information content (AvgIpc) is 2.04. The number of allylic oxidation sites excluding steroid dienone is 1. The van der Waals surface area contributed by atoms with Crippen LogP contribution in [-0.4, -0.2) is 16.1 Å². The molecule has 0 aliphatic rings. The standard InChI is InChI=1S/C9H10N2O2/c1-2-3-6-4-5-11-8(10)7(6)9(12)13/h2,4-5H,1,3H2,(H2,10,11)(H,12,13). The normalized spacial score (nSPS) is 9.54. The number of hydrogen-bond acceptors (Lipinski definition) is 3. The molecular formula is C9H10N2O2. The molecule has 3 N–H and O–H groups in total. The van der Waals surface area contributed by atoms with Crippen LogP contribution in [-0.2, 0) is 6.42 Å². The highest BCUT2D eigenvalue weighted by Crippen LogP contribution is 2.14. The lowest BCUT2D eigenvalue weighted by Gasteiger charge is -2.04. The fourth-order valence-electron chi connectivity index (χ4n) is 1.09. The summed E-state index contributed by atoms with van der Waals surface area (Å²) in [5.41, 5.74) is 6.13. The minimum Gasteiger partial charge on any atom is -0.478 e. The van der Waals surface area contributed by atoms with Crippen LogP contribution in [0.1, 0.15) is 15.9 Å². The summed E-state index contributed by atoms with van der Waals surface area (Å²) in [6.45, 7) is 3.53. The SMILES string of the molecule is C=CCc1ccnc(N)c1C(=O)O. The quantitative estimate of drug-likeness (QED) is 0.679. The fourth-order valence-corrected chi connectivity index (χ4v) is 1.09. The molecule has 68 valence electrons. The highest BCUT2D eigenvalue weighted by atomic mass is 16.4. The van der Waals surface area contributed by atoms with Crippen LogP contribution >= 0.6 is 0 Å². The van der Waals surface area contributed by atoms with Crippen molar-refractivity contribution in [3.8, 4) is 0 Å². The van der Waals surface area contributed by atoms with Crippen molar-refractivity contribution in [2.45, 2.75) is 6.42 Å². The van der Waals surface area contributed by atoms with Gasteiger partial charge in [-0.15, -0.1) is 6.58 Å². The van der Waals surface area contributed by atoms with E-state index in [1.54, 1.807) is 12.1 Å². The number of rotatable bonds is 3. The van der Waals surface area contributed by atoms with Gasteiger partial charge in [0.2, 0.25) is 0 Å². The number of carboxylic acid groups (broad SMARTS) is 1. The van der Waals surface area contributed by atoms with Crippen LogP contribution in [0.4, 0.5) is 5.82 Å². The molecule has 0 saturated carbocycles. The molecule has 1 aromatic heterocycles. The van der Waals surface area contributed by atoms with Gasteiger partial charge in [0.1, 0.15) is 11.4 Å². The number of carbonyl (C=O) groups is 1. The van der Waals surface area contributed by atoms with Gasteiger partial charge in [-0.3, -0.25) is 0 Å². The van der Waals surface area contributed by atoms with E-state index in [0.29, 0.717) is 12.0 Å². The fraction of sp³-hybridized carbons (Fsp3) is 0.111. The Labute approximate surface area is 75.7 Å². The number of anilines is 1. The van der Waals surface area contributed by atoms with Crippen molar-refractivity contribution in [2.24, 2.45) is 0 Å². The van der Waals surface area contributed by atoms with Gasteiger partial charge in [-0.05, 0) is 18.1 Å². The summed E-state index contributed by atoms with van der Waals surface area (Å²) < 4.78 is 0. The molecule has 4 heteroatoms. The minimum absolute atomic E-state index is 0.0480. The molecule has 0 saturated heterocycles. The smallest absolute Gasteiger partial charge is 0.339 e. The van der Waals surface area contributed by atoms with Crippen molar-refractivity contribution in [3.05, 3.63) is 36.0 Å². The lowest BCUT2D eigenvalue weighted by Crippen LogP contribution is -2.08. The Bertz CT molecular complexity index is 347. The van der Waals surface area contributed by atoms with Gasteiger partial charge in [-0.2, -0.15) is 0 Å². The first-order chi connectivity index (χ1) is 6.16. The zero-order valence-electron chi connectivity index (χ0n) is 7.03. The third kappa shape index (κ3) is 1.84. The minimum atomic E-state index is -1.05. The molecule has 13 heavy (non-hydrogen) atoms. The summed E-state index contributed by atoms with van der Waals surface area (Å²) in [6, 6.07) is 1.63. The zero-order valence-corrected chi connectivity index (χ0v) is 7.03. The molecular weight excluding hydrogens is 168 g/mol. The Morgan fingerprint density at radius 1 is 1.77 bits per heavy atom. The summed E-state index contributed by atoms with van der Waals surface area (Å²) in [5.74, 6) is -1.01. The first-order valence-electron chi connectivity index (χ1n) is 3.74. The summed E-state index contributed by atoms with van der Waals surface area (Å²) >= 11 is 0. The van der Waals surface area contributed by atoms with Crippen LogP contribution < -0.4 is 5.73 Å². The summed E-state index contributed by atoms with van der Waals surface area (Å²) in [6.07, 6.45) is 3.59. The first-order valence-corrected chi connectivity index (χ1v) is 3.74. The van der Waals surface area contributed by atoms with Gasteiger partial charge >= 0.3 is 5.97 Å². The van der Waals surface area contributed by atoms with E-state index in [0.717, 1.165) is 0 Å². The zero-order chi connectivity index (χ0) is 9.84. The Morgan fingerprint density at radius 3 is 3.00 bits per heavy atom. The topological polar surface area (TPSA) is 76.2 Å². The van der Waals surface area contributed by atoms with Crippen LogP contribution in [0.15, 0.2) is 24.9 Å². The second-order valence-corrected chi connectivity index (χ2v) is 2.53. The molecule has 0 bridgehead atoms. The maximum atomic E-state index is 10.8. The molecule has 0 aromatic carbocycles. The maximum Gasteiger partial charge on any atom is 0.339 e. The molecule has 1 aromatic rings. The van der Waals surface area contributed by atoms with Crippen molar-refractivity contribution >= 4 is 11.8 Å². The van der Waals surface area contributed by atoms with E-state index < -0.39 is 5.97 Å². The molecule has 1 heterocycles. The summed E-state index contributed by atoms with van der Waals surface area (Å²) in [5, 5.41) is 8.82. The molecule has 0 unspecified atom stereocenters. The number of nitrogens with zero attached hydrogens (tertiary/aromatic N) is 1. The Morgan fingerprint density at radius 2 is 2.46 bits per heavy atom.